The van der Waals surface area contributed by atoms with Gasteiger partial charge in [0, 0.05) is 23.2 Å². The highest BCUT2D eigenvalue weighted by atomic mass is 16.6. The van der Waals surface area contributed by atoms with Gasteiger partial charge in [-0.25, -0.2) is 0 Å². The Bertz CT molecular complexity index is 597. The van der Waals surface area contributed by atoms with E-state index < -0.39 is 0 Å². The van der Waals surface area contributed by atoms with Crippen LogP contribution < -0.4 is 0 Å². The third kappa shape index (κ3) is 1.99. The molecule has 3 saturated carbocycles. The Morgan fingerprint density at radius 3 is 2.61 bits per heavy atom. The molecule has 4 rings (SSSR count). The van der Waals surface area contributed by atoms with Crippen molar-refractivity contribution in [2.75, 3.05) is 0 Å². The number of allylic oxidation sites excluding steroid dienone is 1. The monoisotopic (exact) mass is 317 g/mol. The molecule has 1 unspecified atom stereocenters. The first-order valence-corrected chi connectivity index (χ1v) is 9.23. The zero-order valence-corrected chi connectivity index (χ0v) is 14.2. The molecule has 0 aromatic rings. The summed E-state index contributed by atoms with van der Waals surface area (Å²) in [6.45, 7) is 4.55. The average Bonchev–Trinajstić information content (AvgIpc) is 2.85. The van der Waals surface area contributed by atoms with Crippen LogP contribution in [0.25, 0.3) is 0 Å². The minimum atomic E-state index is -0.342. The molecular weight excluding hydrogens is 290 g/mol. The molecule has 23 heavy (non-hydrogen) atoms. The van der Waals surface area contributed by atoms with Crippen LogP contribution in [0.2, 0.25) is 0 Å². The van der Waals surface area contributed by atoms with Crippen molar-refractivity contribution in [3.63, 3.8) is 0 Å². The average molecular weight is 317 g/mol. The zero-order chi connectivity index (χ0) is 16.4. The number of hydrogen-bond acceptors (Lipinski definition) is 3. The molecule has 0 aromatic heterocycles. The van der Waals surface area contributed by atoms with Gasteiger partial charge in [-0.3, -0.25) is 14.9 Å². The van der Waals surface area contributed by atoms with Gasteiger partial charge in [-0.1, -0.05) is 19.4 Å². The maximum absolute atomic E-state index is 11.8. The first-order chi connectivity index (χ1) is 10.9. The number of carbonyl (C=O) groups excluding carboxylic acids is 1. The second-order valence-electron chi connectivity index (χ2n) is 8.89. The molecule has 4 aliphatic rings. The van der Waals surface area contributed by atoms with Crippen molar-refractivity contribution in [1.29, 1.82) is 0 Å². The standard InChI is InChI=1S/C19H27NO3/c1-18-9-7-13(21)11-12(18)3-4-14-15-5-6-17(20(22)23)19(15,2)10-8-16(14)18/h11,14-17H,3-10H2,1-2H3/t14-,15-,16+,17?,18-,19-/m0/s1. The smallest absolute Gasteiger partial charge is 0.218 e. The minimum absolute atomic E-state index is 0.00449. The highest BCUT2D eigenvalue weighted by Gasteiger charge is 2.62. The summed E-state index contributed by atoms with van der Waals surface area (Å²) in [7, 11) is 0. The summed E-state index contributed by atoms with van der Waals surface area (Å²) in [4.78, 5) is 23.3. The van der Waals surface area contributed by atoms with E-state index in [-0.39, 0.29) is 21.8 Å². The number of ketones is 1. The van der Waals surface area contributed by atoms with E-state index in [1.165, 1.54) is 5.57 Å². The number of carbonyl (C=O) groups is 1. The molecule has 0 saturated heterocycles. The number of nitrogens with zero attached hydrogens (tertiary/aromatic N) is 1. The summed E-state index contributed by atoms with van der Waals surface area (Å²) in [5.41, 5.74) is 1.44. The van der Waals surface area contributed by atoms with Crippen molar-refractivity contribution in [3.05, 3.63) is 21.8 Å². The van der Waals surface area contributed by atoms with Gasteiger partial charge in [0.05, 0.1) is 0 Å². The van der Waals surface area contributed by atoms with E-state index in [1.54, 1.807) is 0 Å². The van der Waals surface area contributed by atoms with Crippen LogP contribution in [-0.4, -0.2) is 16.7 Å². The largest absolute Gasteiger partial charge is 0.295 e. The van der Waals surface area contributed by atoms with Crippen LogP contribution >= 0.6 is 0 Å². The summed E-state index contributed by atoms with van der Waals surface area (Å²) in [5, 5.41) is 11.5. The Morgan fingerprint density at radius 2 is 1.87 bits per heavy atom. The molecule has 6 atom stereocenters. The van der Waals surface area contributed by atoms with Crippen LogP contribution in [0.5, 0.6) is 0 Å². The minimum Gasteiger partial charge on any atom is -0.295 e. The topological polar surface area (TPSA) is 60.2 Å². The molecule has 0 spiro atoms. The van der Waals surface area contributed by atoms with Crippen LogP contribution in [0.1, 0.15) is 65.2 Å². The Kier molecular flexibility index (Phi) is 3.27. The van der Waals surface area contributed by atoms with Crippen LogP contribution in [0, 0.1) is 38.7 Å². The van der Waals surface area contributed by atoms with E-state index in [0.717, 1.165) is 44.9 Å². The van der Waals surface area contributed by atoms with Gasteiger partial charge >= 0.3 is 0 Å². The molecule has 0 bridgehead atoms. The lowest BCUT2D eigenvalue weighted by atomic mass is 9.47. The van der Waals surface area contributed by atoms with Crippen LogP contribution in [0.3, 0.4) is 0 Å². The van der Waals surface area contributed by atoms with Crippen LogP contribution in [0.4, 0.5) is 0 Å². The normalized spacial score (nSPS) is 49.0. The molecule has 0 aromatic carbocycles. The first-order valence-electron chi connectivity index (χ1n) is 9.23. The third-order valence-corrected chi connectivity index (χ3v) is 8.17. The predicted octanol–water partition coefficient (Wildman–Crippen LogP) is 4.16. The second-order valence-corrected chi connectivity index (χ2v) is 8.89. The van der Waals surface area contributed by atoms with Crippen molar-refractivity contribution in [3.8, 4) is 0 Å². The van der Waals surface area contributed by atoms with E-state index in [4.69, 9.17) is 0 Å². The van der Waals surface area contributed by atoms with Gasteiger partial charge in [0.25, 0.3) is 0 Å². The fraction of sp³-hybridized carbons (Fsp3) is 0.842. The summed E-state index contributed by atoms with van der Waals surface area (Å²) in [6, 6.07) is -0.342. The van der Waals surface area contributed by atoms with Gasteiger partial charge in [0.1, 0.15) is 0 Å². The summed E-state index contributed by atoms with van der Waals surface area (Å²) < 4.78 is 0. The van der Waals surface area contributed by atoms with E-state index in [0.29, 0.717) is 30.0 Å². The van der Waals surface area contributed by atoms with Crippen molar-refractivity contribution in [2.24, 2.45) is 28.6 Å². The molecule has 4 nitrogen and oxygen atoms in total. The maximum Gasteiger partial charge on any atom is 0.218 e. The number of fused-ring (bicyclic) bond motifs is 5. The second kappa shape index (κ2) is 4.90. The Labute approximate surface area is 137 Å². The molecule has 0 radical (unpaired) electrons. The molecule has 3 fully saturated rings. The van der Waals surface area contributed by atoms with Gasteiger partial charge in [-0.05, 0) is 67.8 Å². The summed E-state index contributed by atoms with van der Waals surface area (Å²) in [6.07, 6.45) is 9.63. The van der Waals surface area contributed by atoms with Gasteiger partial charge in [-0.15, -0.1) is 0 Å². The quantitative estimate of drug-likeness (QED) is 0.539. The molecule has 4 heteroatoms. The first kappa shape index (κ1) is 15.3. The van der Waals surface area contributed by atoms with E-state index in [2.05, 4.69) is 13.8 Å². The van der Waals surface area contributed by atoms with Gasteiger partial charge in [0.2, 0.25) is 6.04 Å². The van der Waals surface area contributed by atoms with Crippen LogP contribution in [-0.2, 0) is 4.79 Å². The fourth-order valence-corrected chi connectivity index (χ4v) is 6.88. The summed E-state index contributed by atoms with van der Waals surface area (Å²) >= 11 is 0. The number of nitro groups is 1. The van der Waals surface area contributed by atoms with Gasteiger partial charge in [0.15, 0.2) is 5.78 Å². The van der Waals surface area contributed by atoms with Crippen LogP contribution in [0.15, 0.2) is 11.6 Å². The van der Waals surface area contributed by atoms with E-state index >= 15 is 0 Å². The predicted molar refractivity (Wildman–Crippen MR) is 87.5 cm³/mol. The SMILES string of the molecule is C[C@]12CCC(=O)C=C1CC[C@@H]1[C@H]2CC[C@]2(C)C([N+](=O)[O-])CC[C@@H]12. The highest BCUT2D eigenvalue weighted by molar-refractivity contribution is 5.91. The molecule has 0 N–H and O–H groups in total. The van der Waals surface area contributed by atoms with E-state index in [9.17, 15) is 14.9 Å². The van der Waals surface area contributed by atoms with E-state index in [1.807, 2.05) is 6.08 Å². The fourth-order valence-electron chi connectivity index (χ4n) is 6.88. The molecular formula is C19H27NO3. The molecule has 4 aliphatic carbocycles. The van der Waals surface area contributed by atoms with Gasteiger partial charge < -0.3 is 0 Å². The zero-order valence-electron chi connectivity index (χ0n) is 14.2. The Morgan fingerprint density at radius 1 is 1.09 bits per heavy atom. The van der Waals surface area contributed by atoms with Crippen molar-refractivity contribution in [1.82, 2.24) is 0 Å². The molecule has 0 heterocycles. The van der Waals surface area contributed by atoms with Crippen molar-refractivity contribution in [2.45, 2.75) is 71.3 Å². The Hall–Kier alpha value is -1.19. The number of hydrogen-bond donors (Lipinski definition) is 0. The maximum atomic E-state index is 11.8. The Balaban J connectivity index is 1.67. The van der Waals surface area contributed by atoms with Crippen molar-refractivity contribution < 1.29 is 9.72 Å². The molecule has 0 aliphatic heterocycles. The molecule has 0 amide bonds. The lowest BCUT2D eigenvalue weighted by Crippen LogP contribution is -2.52. The number of rotatable bonds is 1. The lowest BCUT2D eigenvalue weighted by molar-refractivity contribution is -0.540. The lowest BCUT2D eigenvalue weighted by Gasteiger charge is -2.57. The van der Waals surface area contributed by atoms with Crippen molar-refractivity contribution >= 4 is 5.78 Å². The molecule has 126 valence electrons. The van der Waals surface area contributed by atoms with Gasteiger partial charge in [-0.2, -0.15) is 0 Å². The third-order valence-electron chi connectivity index (χ3n) is 8.17. The summed E-state index contributed by atoms with van der Waals surface area (Å²) in [5.74, 6) is 2.05. The highest BCUT2D eigenvalue weighted by Crippen LogP contribution is 2.65.